The van der Waals surface area contributed by atoms with Crippen LogP contribution in [0.4, 0.5) is 0 Å². The van der Waals surface area contributed by atoms with Crippen molar-refractivity contribution >= 4 is 23.9 Å². The van der Waals surface area contributed by atoms with Crippen LogP contribution in [-0.4, -0.2) is 36.1 Å². The van der Waals surface area contributed by atoms with Gasteiger partial charge in [-0.25, -0.2) is 19.2 Å². The average Bonchev–Trinajstić information content (AvgIpc) is 3.06. The minimum atomic E-state index is -0.620. The number of hydrogen-bond donors (Lipinski definition) is 0. The van der Waals surface area contributed by atoms with Crippen LogP contribution in [0.5, 0.6) is 11.5 Å². The van der Waals surface area contributed by atoms with Crippen molar-refractivity contribution in [3.63, 3.8) is 0 Å². The first-order valence-corrected chi connectivity index (χ1v) is 16.2. The first-order valence-electron chi connectivity index (χ1n) is 16.2. The van der Waals surface area contributed by atoms with Crippen molar-refractivity contribution in [2.24, 2.45) is 11.8 Å². The maximum Gasteiger partial charge on any atom is 0.343 e. The topological polar surface area (TPSA) is 105 Å². The molecule has 2 atom stereocenters. The highest BCUT2D eigenvalue weighted by molar-refractivity contribution is 5.95. The zero-order chi connectivity index (χ0) is 33.6. The van der Waals surface area contributed by atoms with Gasteiger partial charge >= 0.3 is 23.9 Å². The van der Waals surface area contributed by atoms with Crippen LogP contribution in [-0.2, 0) is 9.47 Å². The smallest absolute Gasteiger partial charge is 0.343 e. The van der Waals surface area contributed by atoms with E-state index in [0.717, 1.165) is 38.5 Å². The lowest BCUT2D eigenvalue weighted by Gasteiger charge is -2.18. The van der Waals surface area contributed by atoms with E-state index in [2.05, 4.69) is 27.7 Å². The highest BCUT2D eigenvalue weighted by Gasteiger charge is 2.18. The van der Waals surface area contributed by atoms with E-state index in [-0.39, 0.29) is 34.8 Å². The Balaban J connectivity index is 1.50. The Bertz CT molecular complexity index is 1310. The van der Waals surface area contributed by atoms with Crippen LogP contribution in [0, 0.1) is 11.8 Å². The summed E-state index contributed by atoms with van der Waals surface area (Å²) in [6.45, 7) is 12.3. The minimum absolute atomic E-state index is 0.190. The Morgan fingerprint density at radius 3 is 1.00 bits per heavy atom. The number of carbonyl (C=O) groups is 4. The van der Waals surface area contributed by atoms with E-state index in [4.69, 9.17) is 18.9 Å². The molecular formula is C38H46O8. The molecule has 8 nitrogen and oxygen atoms in total. The molecule has 0 saturated heterocycles. The van der Waals surface area contributed by atoms with E-state index in [0.29, 0.717) is 23.0 Å². The van der Waals surface area contributed by atoms with Crippen LogP contribution < -0.4 is 9.47 Å². The standard InChI is InChI=1S/C38H46O8/c1-7-27(8-2)23-25(5)43-35(39)31-15-19-33(20-16-31)45-37(41)29-11-13-30(14-12-29)38(42)46-34-21-17-32(18-22-34)36(40)44-26(6)24-28(9-3)10-4/h11-22,25-28H,7-10,23-24H2,1-6H3. The van der Waals surface area contributed by atoms with Gasteiger partial charge in [-0.05, 0) is 111 Å². The van der Waals surface area contributed by atoms with E-state index in [1.807, 2.05) is 13.8 Å². The van der Waals surface area contributed by atoms with Crippen molar-refractivity contribution in [1.29, 1.82) is 0 Å². The van der Waals surface area contributed by atoms with Gasteiger partial charge in [-0.15, -0.1) is 0 Å². The molecule has 0 spiro atoms. The fourth-order valence-electron chi connectivity index (χ4n) is 5.17. The van der Waals surface area contributed by atoms with Crippen LogP contribution in [0.25, 0.3) is 0 Å². The lowest BCUT2D eigenvalue weighted by Crippen LogP contribution is -2.18. The van der Waals surface area contributed by atoms with Gasteiger partial charge in [0.2, 0.25) is 0 Å². The van der Waals surface area contributed by atoms with Crippen molar-refractivity contribution in [1.82, 2.24) is 0 Å². The zero-order valence-corrected chi connectivity index (χ0v) is 27.7. The average molecular weight is 631 g/mol. The molecule has 2 unspecified atom stereocenters. The first-order chi connectivity index (χ1) is 22.1. The molecule has 0 aromatic heterocycles. The molecular weight excluding hydrogens is 584 g/mol. The molecule has 246 valence electrons. The molecule has 8 heteroatoms. The third-order valence-electron chi connectivity index (χ3n) is 8.21. The van der Waals surface area contributed by atoms with Crippen molar-refractivity contribution in [2.75, 3.05) is 0 Å². The van der Waals surface area contributed by atoms with E-state index >= 15 is 0 Å². The fraction of sp³-hybridized carbons (Fsp3) is 0.421. The molecule has 0 aliphatic heterocycles. The van der Waals surface area contributed by atoms with E-state index in [1.54, 1.807) is 24.3 Å². The molecule has 0 amide bonds. The van der Waals surface area contributed by atoms with Gasteiger partial charge in [-0.1, -0.05) is 53.4 Å². The molecule has 0 bridgehead atoms. The third-order valence-corrected chi connectivity index (χ3v) is 8.21. The highest BCUT2D eigenvalue weighted by atomic mass is 16.6. The molecule has 46 heavy (non-hydrogen) atoms. The van der Waals surface area contributed by atoms with Crippen molar-refractivity contribution in [2.45, 2.75) is 92.3 Å². The monoisotopic (exact) mass is 630 g/mol. The van der Waals surface area contributed by atoms with Crippen LogP contribution in [0.15, 0.2) is 72.8 Å². The molecule has 3 aromatic rings. The van der Waals surface area contributed by atoms with Crippen molar-refractivity contribution in [3.8, 4) is 11.5 Å². The number of hydrogen-bond acceptors (Lipinski definition) is 8. The maximum atomic E-state index is 12.7. The van der Waals surface area contributed by atoms with E-state index < -0.39 is 23.9 Å². The van der Waals surface area contributed by atoms with E-state index in [1.165, 1.54) is 48.5 Å². The lowest BCUT2D eigenvalue weighted by atomic mass is 9.97. The molecule has 0 saturated carbocycles. The fourth-order valence-corrected chi connectivity index (χ4v) is 5.17. The lowest BCUT2D eigenvalue weighted by molar-refractivity contribution is 0.0275. The number of carbonyl (C=O) groups excluding carboxylic acids is 4. The van der Waals surface area contributed by atoms with Crippen LogP contribution in [0.1, 0.15) is 121 Å². The number of esters is 4. The van der Waals surface area contributed by atoms with Gasteiger partial charge in [0.15, 0.2) is 0 Å². The summed E-state index contributed by atoms with van der Waals surface area (Å²) >= 11 is 0. The molecule has 0 fully saturated rings. The van der Waals surface area contributed by atoms with Gasteiger partial charge in [0.05, 0.1) is 34.5 Å². The minimum Gasteiger partial charge on any atom is -0.459 e. The summed E-state index contributed by atoms with van der Waals surface area (Å²) in [7, 11) is 0. The van der Waals surface area contributed by atoms with Crippen LogP contribution >= 0.6 is 0 Å². The molecule has 0 aliphatic carbocycles. The van der Waals surface area contributed by atoms with Gasteiger partial charge in [-0.3, -0.25) is 0 Å². The Morgan fingerprint density at radius 1 is 0.457 bits per heavy atom. The third kappa shape index (κ3) is 10.9. The second-order valence-corrected chi connectivity index (χ2v) is 11.7. The predicted molar refractivity (Wildman–Crippen MR) is 176 cm³/mol. The predicted octanol–water partition coefficient (Wildman–Crippen LogP) is 8.87. The summed E-state index contributed by atoms with van der Waals surface area (Å²) < 4.78 is 22.0. The second kappa shape index (κ2) is 17.9. The zero-order valence-electron chi connectivity index (χ0n) is 27.7. The number of rotatable bonds is 16. The first kappa shape index (κ1) is 36.0. The molecule has 0 aliphatic rings. The Labute approximate surface area is 272 Å². The molecule has 0 N–H and O–H groups in total. The van der Waals surface area contributed by atoms with Gasteiger partial charge in [-0.2, -0.15) is 0 Å². The maximum absolute atomic E-state index is 12.7. The summed E-state index contributed by atoms with van der Waals surface area (Å²) in [4.78, 5) is 50.4. The SMILES string of the molecule is CCC(CC)CC(C)OC(=O)c1ccc(OC(=O)c2ccc(C(=O)Oc3ccc(C(=O)OC(C)CC(CC)CC)cc3)cc2)cc1. The largest absolute Gasteiger partial charge is 0.459 e. The Morgan fingerprint density at radius 2 is 0.717 bits per heavy atom. The molecule has 0 radical (unpaired) electrons. The summed E-state index contributed by atoms with van der Waals surface area (Å²) in [5, 5.41) is 0. The van der Waals surface area contributed by atoms with Crippen LogP contribution in [0.2, 0.25) is 0 Å². The summed E-state index contributed by atoms with van der Waals surface area (Å²) in [5.41, 5.74) is 1.21. The van der Waals surface area contributed by atoms with Gasteiger partial charge in [0.25, 0.3) is 0 Å². The quantitative estimate of drug-likeness (QED) is 0.114. The summed E-state index contributed by atoms with van der Waals surface area (Å²) in [6.07, 6.45) is 5.41. The molecule has 3 rings (SSSR count). The summed E-state index contributed by atoms with van der Waals surface area (Å²) in [6, 6.07) is 18.2. The highest BCUT2D eigenvalue weighted by Crippen LogP contribution is 2.21. The van der Waals surface area contributed by atoms with Gasteiger partial charge in [0, 0.05) is 0 Å². The van der Waals surface area contributed by atoms with Crippen molar-refractivity contribution in [3.05, 3.63) is 95.1 Å². The van der Waals surface area contributed by atoms with Gasteiger partial charge in [0.1, 0.15) is 11.5 Å². The van der Waals surface area contributed by atoms with Gasteiger partial charge < -0.3 is 18.9 Å². The second-order valence-electron chi connectivity index (χ2n) is 11.7. The molecule has 3 aromatic carbocycles. The Hall–Kier alpha value is -4.46. The Kier molecular flexibility index (Phi) is 14.0. The summed E-state index contributed by atoms with van der Waals surface area (Å²) in [5.74, 6) is -0.524. The number of ether oxygens (including phenoxy) is 4. The van der Waals surface area contributed by atoms with E-state index in [9.17, 15) is 19.2 Å². The normalized spacial score (nSPS) is 12.3. The number of benzene rings is 3. The van der Waals surface area contributed by atoms with Crippen LogP contribution in [0.3, 0.4) is 0 Å². The molecule has 0 heterocycles. The van der Waals surface area contributed by atoms with Crippen molar-refractivity contribution < 1.29 is 38.1 Å².